The maximum absolute atomic E-state index is 10.7. The van der Waals surface area contributed by atoms with Gasteiger partial charge in [-0.05, 0) is 33.8 Å². The predicted molar refractivity (Wildman–Crippen MR) is 77.0 cm³/mol. The molecule has 0 aliphatic carbocycles. The van der Waals surface area contributed by atoms with E-state index < -0.39 is 6.10 Å². The van der Waals surface area contributed by atoms with Gasteiger partial charge in [-0.3, -0.25) is 4.68 Å². The quantitative estimate of drug-likeness (QED) is 0.935. The fourth-order valence-corrected chi connectivity index (χ4v) is 3.21. The van der Waals surface area contributed by atoms with Crippen molar-refractivity contribution in [1.82, 2.24) is 9.78 Å². The van der Waals surface area contributed by atoms with Gasteiger partial charge < -0.3 is 9.84 Å². The molecule has 0 amide bonds. The smallest absolute Gasteiger partial charge is 0.163 e. The van der Waals surface area contributed by atoms with Crippen molar-refractivity contribution in [3.8, 4) is 5.75 Å². The van der Waals surface area contributed by atoms with Gasteiger partial charge >= 0.3 is 0 Å². The lowest BCUT2D eigenvalue weighted by Crippen LogP contribution is -2.13. The summed E-state index contributed by atoms with van der Waals surface area (Å²) in [7, 11) is 1.60. The van der Waals surface area contributed by atoms with Crippen LogP contribution >= 0.6 is 11.3 Å². The lowest BCUT2D eigenvalue weighted by atomic mass is 10.1. The van der Waals surface area contributed by atoms with E-state index in [1.165, 1.54) is 4.88 Å². The van der Waals surface area contributed by atoms with E-state index in [0.717, 1.165) is 16.1 Å². The Bertz CT molecular complexity index is 572. The summed E-state index contributed by atoms with van der Waals surface area (Å²) in [4.78, 5) is 2.32. The van der Waals surface area contributed by atoms with Gasteiger partial charge in [-0.25, -0.2) is 0 Å². The van der Waals surface area contributed by atoms with Crippen LogP contribution in [0.4, 0.5) is 0 Å². The molecule has 5 heteroatoms. The molecule has 1 atom stereocenters. The average Bonchev–Trinajstić information content (AvgIpc) is 2.91. The Morgan fingerprint density at radius 1 is 1.37 bits per heavy atom. The first kappa shape index (κ1) is 14.1. The minimum atomic E-state index is -0.704. The molecular weight excluding hydrogens is 260 g/mol. The zero-order valence-corrected chi connectivity index (χ0v) is 12.8. The number of nitrogens with zero attached hydrogens (tertiary/aromatic N) is 2. The summed E-state index contributed by atoms with van der Waals surface area (Å²) < 4.78 is 7.14. The molecule has 0 aliphatic rings. The molecule has 1 unspecified atom stereocenters. The molecule has 19 heavy (non-hydrogen) atoms. The summed E-state index contributed by atoms with van der Waals surface area (Å²) in [5.41, 5.74) is 1.65. The number of aliphatic hydroxyl groups excluding tert-OH is 1. The van der Waals surface area contributed by atoms with Crippen molar-refractivity contribution in [3.63, 3.8) is 0 Å². The third-order valence-electron chi connectivity index (χ3n) is 3.14. The van der Waals surface area contributed by atoms with Crippen LogP contribution in [0.2, 0.25) is 0 Å². The van der Waals surface area contributed by atoms with Crippen molar-refractivity contribution < 1.29 is 9.84 Å². The van der Waals surface area contributed by atoms with Crippen molar-refractivity contribution >= 4 is 11.3 Å². The van der Waals surface area contributed by atoms with Crippen LogP contribution in [0.3, 0.4) is 0 Å². The van der Waals surface area contributed by atoms with Gasteiger partial charge in [0, 0.05) is 21.4 Å². The maximum atomic E-state index is 10.7. The van der Waals surface area contributed by atoms with Crippen molar-refractivity contribution in [1.29, 1.82) is 0 Å². The molecule has 0 fully saturated rings. The summed E-state index contributed by atoms with van der Waals surface area (Å²) in [5, 5.41) is 15.0. The topological polar surface area (TPSA) is 47.3 Å². The highest BCUT2D eigenvalue weighted by Crippen LogP contribution is 2.35. The molecule has 2 heterocycles. The van der Waals surface area contributed by atoms with E-state index in [-0.39, 0.29) is 6.04 Å². The normalized spacial score (nSPS) is 13.0. The van der Waals surface area contributed by atoms with Gasteiger partial charge in [-0.15, -0.1) is 11.3 Å². The molecule has 0 saturated heterocycles. The SMILES string of the molecule is COc1cnn(C(C)C)c1C(O)c1cc(C)sc1C. The second kappa shape index (κ2) is 5.35. The van der Waals surface area contributed by atoms with Crippen molar-refractivity contribution in [2.75, 3.05) is 7.11 Å². The van der Waals surface area contributed by atoms with Gasteiger partial charge in [0.1, 0.15) is 11.8 Å². The third-order valence-corrected chi connectivity index (χ3v) is 4.12. The molecule has 104 valence electrons. The molecule has 0 radical (unpaired) electrons. The zero-order valence-electron chi connectivity index (χ0n) is 12.0. The van der Waals surface area contributed by atoms with Crippen LogP contribution in [0, 0.1) is 13.8 Å². The summed E-state index contributed by atoms with van der Waals surface area (Å²) in [6, 6.07) is 2.20. The summed E-state index contributed by atoms with van der Waals surface area (Å²) >= 11 is 1.69. The largest absolute Gasteiger partial charge is 0.493 e. The first-order chi connectivity index (χ1) is 8.95. The molecular formula is C14H20N2O2S. The van der Waals surface area contributed by atoms with Crippen molar-refractivity contribution in [2.24, 2.45) is 0 Å². The Balaban J connectivity index is 2.51. The van der Waals surface area contributed by atoms with Gasteiger partial charge in [0.25, 0.3) is 0 Å². The molecule has 0 spiro atoms. The van der Waals surface area contributed by atoms with Gasteiger partial charge in [0.05, 0.1) is 13.3 Å². The Morgan fingerprint density at radius 3 is 2.53 bits per heavy atom. The Morgan fingerprint density at radius 2 is 2.05 bits per heavy atom. The highest BCUT2D eigenvalue weighted by molar-refractivity contribution is 7.12. The molecule has 1 N–H and O–H groups in total. The highest BCUT2D eigenvalue weighted by Gasteiger charge is 2.25. The molecule has 0 aromatic carbocycles. The first-order valence-corrected chi connectivity index (χ1v) is 7.13. The number of aromatic nitrogens is 2. The lowest BCUT2D eigenvalue weighted by Gasteiger charge is -2.17. The molecule has 2 aromatic heterocycles. The number of rotatable bonds is 4. The summed E-state index contributed by atoms with van der Waals surface area (Å²) in [6.45, 7) is 8.15. The van der Waals surface area contributed by atoms with E-state index in [0.29, 0.717) is 5.75 Å². The maximum Gasteiger partial charge on any atom is 0.163 e. The fourth-order valence-electron chi connectivity index (χ4n) is 2.25. The first-order valence-electron chi connectivity index (χ1n) is 6.32. The summed E-state index contributed by atoms with van der Waals surface area (Å²) in [5.74, 6) is 0.629. The molecule has 0 aliphatic heterocycles. The van der Waals surface area contributed by atoms with Crippen LogP contribution in [-0.4, -0.2) is 22.0 Å². The Hall–Kier alpha value is -1.33. The minimum absolute atomic E-state index is 0.175. The van der Waals surface area contributed by atoms with Crippen LogP contribution in [0.15, 0.2) is 12.3 Å². The molecule has 2 aromatic rings. The summed E-state index contributed by atoms with van der Waals surface area (Å²) in [6.07, 6.45) is 0.956. The second-order valence-corrected chi connectivity index (χ2v) is 6.37. The van der Waals surface area contributed by atoms with Crippen LogP contribution < -0.4 is 4.74 Å². The number of aryl methyl sites for hydroxylation is 2. The standard InChI is InChI=1S/C14H20N2O2S/c1-8(2)16-13(12(18-5)7-15-16)14(17)11-6-9(3)19-10(11)4/h6-8,14,17H,1-5H3. The van der Waals surface area contributed by atoms with Gasteiger partial charge in [-0.1, -0.05) is 0 Å². The van der Waals surface area contributed by atoms with Gasteiger partial charge in [0.2, 0.25) is 0 Å². The molecule has 0 saturated carbocycles. The number of methoxy groups -OCH3 is 1. The van der Waals surface area contributed by atoms with Gasteiger partial charge in [-0.2, -0.15) is 5.10 Å². The zero-order chi connectivity index (χ0) is 14.2. The van der Waals surface area contributed by atoms with Gasteiger partial charge in [0.15, 0.2) is 5.75 Å². The number of hydrogen-bond acceptors (Lipinski definition) is 4. The highest BCUT2D eigenvalue weighted by atomic mass is 32.1. The van der Waals surface area contributed by atoms with E-state index >= 15 is 0 Å². The van der Waals surface area contributed by atoms with Crippen LogP contribution in [0.5, 0.6) is 5.75 Å². The molecule has 2 rings (SSSR count). The van der Waals surface area contributed by atoms with Crippen molar-refractivity contribution in [3.05, 3.63) is 33.3 Å². The van der Waals surface area contributed by atoms with E-state index in [1.54, 1.807) is 24.6 Å². The second-order valence-electron chi connectivity index (χ2n) is 4.91. The van der Waals surface area contributed by atoms with E-state index in [2.05, 4.69) is 5.10 Å². The van der Waals surface area contributed by atoms with E-state index in [1.807, 2.05) is 38.4 Å². The number of aliphatic hydroxyl groups is 1. The third kappa shape index (κ3) is 2.53. The van der Waals surface area contributed by atoms with E-state index in [4.69, 9.17) is 4.74 Å². The average molecular weight is 280 g/mol. The fraction of sp³-hybridized carbons (Fsp3) is 0.500. The lowest BCUT2D eigenvalue weighted by molar-refractivity contribution is 0.199. The number of thiophene rings is 1. The number of ether oxygens (including phenoxy) is 1. The predicted octanol–water partition coefficient (Wildman–Crippen LogP) is 3.23. The van der Waals surface area contributed by atoms with Crippen LogP contribution in [0.1, 0.15) is 47.0 Å². The minimum Gasteiger partial charge on any atom is -0.493 e. The number of hydrogen-bond donors (Lipinski definition) is 1. The monoisotopic (exact) mass is 280 g/mol. The van der Waals surface area contributed by atoms with Crippen LogP contribution in [0.25, 0.3) is 0 Å². The molecule has 4 nitrogen and oxygen atoms in total. The molecule has 0 bridgehead atoms. The Kier molecular flexibility index (Phi) is 3.96. The van der Waals surface area contributed by atoms with Crippen LogP contribution in [-0.2, 0) is 0 Å². The van der Waals surface area contributed by atoms with E-state index in [9.17, 15) is 5.11 Å². The Labute approximate surface area is 117 Å². The van der Waals surface area contributed by atoms with Crippen molar-refractivity contribution in [2.45, 2.75) is 39.8 Å².